The van der Waals surface area contributed by atoms with Crippen molar-refractivity contribution in [3.8, 4) is 11.3 Å². The molecule has 0 aliphatic heterocycles. The highest BCUT2D eigenvalue weighted by Crippen LogP contribution is 2.27. The van der Waals surface area contributed by atoms with Gasteiger partial charge in [0.2, 0.25) is 0 Å². The van der Waals surface area contributed by atoms with Gasteiger partial charge in [0, 0.05) is 17.3 Å². The summed E-state index contributed by atoms with van der Waals surface area (Å²) in [6, 6.07) is 11.1. The average Bonchev–Trinajstić information content (AvgIpc) is 2.43. The number of anilines is 1. The zero-order valence-corrected chi connectivity index (χ0v) is 12.4. The summed E-state index contributed by atoms with van der Waals surface area (Å²) in [4.78, 5) is 12.3. The van der Waals surface area contributed by atoms with Crippen LogP contribution >= 0.6 is 0 Å². The van der Waals surface area contributed by atoms with Crippen molar-refractivity contribution in [3.05, 3.63) is 63.3 Å². The molecule has 0 saturated heterocycles. The van der Waals surface area contributed by atoms with Gasteiger partial charge < -0.3 is 10.2 Å². The summed E-state index contributed by atoms with van der Waals surface area (Å²) in [7, 11) is 0. The second-order valence-corrected chi connectivity index (χ2v) is 5.50. The van der Waals surface area contributed by atoms with E-state index in [0.717, 1.165) is 22.3 Å². The summed E-state index contributed by atoms with van der Waals surface area (Å²) >= 11 is 0. The van der Waals surface area contributed by atoms with Crippen LogP contribution in [0.3, 0.4) is 0 Å². The maximum absolute atomic E-state index is 12.3. The van der Waals surface area contributed by atoms with Crippen LogP contribution in [-0.4, -0.2) is 0 Å². The fourth-order valence-corrected chi connectivity index (χ4v) is 2.55. The van der Waals surface area contributed by atoms with Crippen LogP contribution in [0.25, 0.3) is 22.3 Å². The van der Waals surface area contributed by atoms with E-state index < -0.39 is 0 Å². The molecule has 0 saturated carbocycles. The molecule has 1 aromatic heterocycles. The lowest BCUT2D eigenvalue weighted by Crippen LogP contribution is -2.02. The first-order chi connectivity index (χ1) is 9.95. The Morgan fingerprint density at radius 1 is 0.952 bits per heavy atom. The number of hydrogen-bond donors (Lipinski definition) is 1. The predicted molar refractivity (Wildman–Crippen MR) is 86.5 cm³/mol. The summed E-state index contributed by atoms with van der Waals surface area (Å²) < 4.78 is 5.95. The normalized spacial score (nSPS) is 11.0. The van der Waals surface area contributed by atoms with Crippen molar-refractivity contribution in [2.45, 2.75) is 20.8 Å². The van der Waals surface area contributed by atoms with Gasteiger partial charge in [-0.2, -0.15) is 0 Å². The molecule has 3 nitrogen and oxygen atoms in total. The molecule has 3 rings (SSSR count). The zero-order valence-electron chi connectivity index (χ0n) is 12.4. The van der Waals surface area contributed by atoms with Crippen molar-refractivity contribution < 1.29 is 4.42 Å². The fraction of sp³-hybridized carbons (Fsp3) is 0.167. The predicted octanol–water partition coefficient (Wildman–Crippen LogP) is 3.97. The molecular formula is C18H17NO2. The molecule has 0 aliphatic carbocycles. The standard InChI is InChI=1S/C18H17NO2/c1-10-6-12(3)18-14(7-10)16(20)9-17(21-18)13-5-4-11(2)15(19)8-13/h4-9H,19H2,1-3H3. The molecule has 2 N–H and O–H groups in total. The van der Waals surface area contributed by atoms with E-state index in [9.17, 15) is 4.79 Å². The van der Waals surface area contributed by atoms with Gasteiger partial charge in [0.25, 0.3) is 0 Å². The van der Waals surface area contributed by atoms with E-state index in [-0.39, 0.29) is 5.43 Å². The third kappa shape index (κ3) is 2.31. The Morgan fingerprint density at radius 2 is 1.71 bits per heavy atom. The van der Waals surface area contributed by atoms with Crippen LogP contribution in [0.2, 0.25) is 0 Å². The Hall–Kier alpha value is -2.55. The van der Waals surface area contributed by atoms with Gasteiger partial charge in [-0.15, -0.1) is 0 Å². The summed E-state index contributed by atoms with van der Waals surface area (Å²) in [6.07, 6.45) is 0. The highest BCUT2D eigenvalue weighted by Gasteiger charge is 2.10. The molecule has 0 amide bonds. The van der Waals surface area contributed by atoms with Gasteiger partial charge in [-0.05, 0) is 49.6 Å². The van der Waals surface area contributed by atoms with E-state index in [4.69, 9.17) is 10.2 Å². The molecule has 0 aliphatic rings. The van der Waals surface area contributed by atoms with Crippen LogP contribution in [0.5, 0.6) is 0 Å². The molecule has 0 unspecified atom stereocenters. The molecule has 0 fully saturated rings. The molecule has 0 radical (unpaired) electrons. The van der Waals surface area contributed by atoms with Crippen LogP contribution in [0.15, 0.2) is 45.6 Å². The summed E-state index contributed by atoms with van der Waals surface area (Å²) in [6.45, 7) is 5.87. The first-order valence-electron chi connectivity index (χ1n) is 6.87. The SMILES string of the molecule is Cc1cc(C)c2oc(-c3ccc(C)c(N)c3)cc(=O)c2c1. The van der Waals surface area contributed by atoms with Crippen LogP contribution in [0, 0.1) is 20.8 Å². The topological polar surface area (TPSA) is 56.2 Å². The number of nitrogens with two attached hydrogens (primary N) is 1. The Morgan fingerprint density at radius 3 is 2.43 bits per heavy atom. The number of hydrogen-bond acceptors (Lipinski definition) is 3. The van der Waals surface area contributed by atoms with Crippen LogP contribution in [-0.2, 0) is 0 Å². The van der Waals surface area contributed by atoms with Crippen LogP contribution in [0.4, 0.5) is 5.69 Å². The Balaban J connectivity index is 2.30. The van der Waals surface area contributed by atoms with Crippen molar-refractivity contribution >= 4 is 16.7 Å². The summed E-state index contributed by atoms with van der Waals surface area (Å²) in [5.74, 6) is 0.547. The van der Waals surface area contributed by atoms with E-state index >= 15 is 0 Å². The zero-order chi connectivity index (χ0) is 15.1. The van der Waals surface area contributed by atoms with Crippen molar-refractivity contribution in [1.29, 1.82) is 0 Å². The smallest absolute Gasteiger partial charge is 0.193 e. The van der Waals surface area contributed by atoms with Gasteiger partial charge in [0.1, 0.15) is 11.3 Å². The molecule has 106 valence electrons. The number of rotatable bonds is 1. The van der Waals surface area contributed by atoms with Gasteiger partial charge in [-0.25, -0.2) is 0 Å². The molecule has 21 heavy (non-hydrogen) atoms. The quantitative estimate of drug-likeness (QED) is 0.686. The first kappa shape index (κ1) is 13.4. The number of nitrogen functional groups attached to an aromatic ring is 1. The number of aryl methyl sites for hydroxylation is 3. The van der Waals surface area contributed by atoms with Crippen molar-refractivity contribution in [3.63, 3.8) is 0 Å². The van der Waals surface area contributed by atoms with Crippen molar-refractivity contribution in [2.24, 2.45) is 0 Å². The minimum absolute atomic E-state index is 0.0304. The summed E-state index contributed by atoms with van der Waals surface area (Å²) in [5, 5.41) is 0.622. The molecule has 0 atom stereocenters. The Labute approximate surface area is 123 Å². The maximum atomic E-state index is 12.3. The molecule has 1 heterocycles. The number of benzene rings is 2. The van der Waals surface area contributed by atoms with Crippen LogP contribution < -0.4 is 11.2 Å². The monoisotopic (exact) mass is 279 g/mol. The van der Waals surface area contributed by atoms with Crippen LogP contribution in [0.1, 0.15) is 16.7 Å². The van der Waals surface area contributed by atoms with E-state index in [1.807, 2.05) is 51.1 Å². The molecule has 3 heteroatoms. The van der Waals surface area contributed by atoms with Gasteiger partial charge in [-0.1, -0.05) is 18.2 Å². The first-order valence-corrected chi connectivity index (χ1v) is 6.87. The largest absolute Gasteiger partial charge is 0.456 e. The molecule has 2 aromatic carbocycles. The fourth-order valence-electron chi connectivity index (χ4n) is 2.55. The molecule has 3 aromatic rings. The average molecular weight is 279 g/mol. The molecule has 0 spiro atoms. The van der Waals surface area contributed by atoms with Gasteiger partial charge in [-0.3, -0.25) is 4.79 Å². The lowest BCUT2D eigenvalue weighted by Gasteiger charge is -2.08. The Bertz CT molecular complexity index is 907. The third-order valence-electron chi connectivity index (χ3n) is 3.72. The second kappa shape index (κ2) is 4.77. The van der Waals surface area contributed by atoms with Crippen molar-refractivity contribution in [1.82, 2.24) is 0 Å². The van der Waals surface area contributed by atoms with Gasteiger partial charge in [0.05, 0.1) is 5.39 Å². The Kier molecular flexibility index (Phi) is 3.05. The lowest BCUT2D eigenvalue weighted by atomic mass is 10.0. The van der Waals surface area contributed by atoms with E-state index in [2.05, 4.69) is 0 Å². The van der Waals surface area contributed by atoms with Crippen molar-refractivity contribution in [2.75, 3.05) is 5.73 Å². The lowest BCUT2D eigenvalue weighted by molar-refractivity contribution is 0.616. The van der Waals surface area contributed by atoms with Gasteiger partial charge in [0.15, 0.2) is 5.43 Å². The second-order valence-electron chi connectivity index (χ2n) is 5.50. The maximum Gasteiger partial charge on any atom is 0.193 e. The van der Waals surface area contributed by atoms with Gasteiger partial charge >= 0.3 is 0 Å². The molecular weight excluding hydrogens is 262 g/mol. The minimum atomic E-state index is -0.0304. The summed E-state index contributed by atoms with van der Waals surface area (Å²) in [5.41, 5.74) is 11.1. The highest BCUT2D eigenvalue weighted by atomic mass is 16.3. The third-order valence-corrected chi connectivity index (χ3v) is 3.72. The number of fused-ring (bicyclic) bond motifs is 1. The van der Waals surface area contributed by atoms with E-state index in [0.29, 0.717) is 22.4 Å². The minimum Gasteiger partial charge on any atom is -0.456 e. The molecule has 0 bridgehead atoms. The highest BCUT2D eigenvalue weighted by molar-refractivity contribution is 5.82. The van der Waals surface area contributed by atoms with E-state index in [1.165, 1.54) is 6.07 Å². The van der Waals surface area contributed by atoms with E-state index in [1.54, 1.807) is 0 Å².